The number of carbonyl (C=O) groups excluding carboxylic acids is 2. The van der Waals surface area contributed by atoms with E-state index in [4.69, 9.17) is 21.7 Å². The summed E-state index contributed by atoms with van der Waals surface area (Å²) in [6, 6.07) is -4.37. The van der Waals surface area contributed by atoms with Gasteiger partial charge in [-0.15, -0.1) is 0 Å². The van der Waals surface area contributed by atoms with E-state index in [0.717, 1.165) is 0 Å². The van der Waals surface area contributed by atoms with Gasteiger partial charge in [-0.2, -0.15) is 0 Å². The average Bonchev–Trinajstić information content (AvgIpc) is 2.55. The summed E-state index contributed by atoms with van der Waals surface area (Å²) in [5, 5.41) is 26.9. The Bertz CT molecular complexity index is 542. The van der Waals surface area contributed by atoms with Crippen LogP contribution in [-0.4, -0.2) is 68.1 Å². The monoisotopic (exact) mass is 389 g/mol. The Hall–Kier alpha value is -2.53. The molecule has 27 heavy (non-hydrogen) atoms. The number of carboxylic acids is 3. The molecule has 0 aromatic rings. The molecule has 3 atom stereocenters. The fourth-order valence-corrected chi connectivity index (χ4v) is 2.34. The Morgan fingerprint density at radius 1 is 0.815 bits per heavy atom. The Morgan fingerprint density at radius 2 is 1.19 bits per heavy atom. The molecule has 11 nitrogen and oxygen atoms in total. The Balaban J connectivity index is 5.67. The zero-order chi connectivity index (χ0) is 21.3. The summed E-state index contributed by atoms with van der Waals surface area (Å²) in [4.78, 5) is 58.6. The lowest BCUT2D eigenvalue weighted by molar-refractivity contribution is -0.160. The largest absolute Gasteiger partial charge is 0.481 e. The molecule has 0 aliphatic heterocycles. The van der Waals surface area contributed by atoms with Gasteiger partial charge >= 0.3 is 17.9 Å². The van der Waals surface area contributed by atoms with Crippen molar-refractivity contribution in [1.29, 1.82) is 0 Å². The molecule has 0 aromatic carbocycles. The number of imide groups is 1. The van der Waals surface area contributed by atoms with Crippen molar-refractivity contribution in [1.82, 2.24) is 4.90 Å². The molecule has 0 radical (unpaired) electrons. The van der Waals surface area contributed by atoms with Gasteiger partial charge in [0.2, 0.25) is 11.8 Å². The first-order valence-corrected chi connectivity index (χ1v) is 8.42. The van der Waals surface area contributed by atoms with Crippen LogP contribution >= 0.6 is 0 Å². The molecule has 0 fully saturated rings. The first-order chi connectivity index (χ1) is 12.4. The van der Waals surface area contributed by atoms with Crippen LogP contribution in [0, 0.1) is 5.92 Å². The van der Waals surface area contributed by atoms with E-state index in [2.05, 4.69) is 0 Å². The molecule has 0 aliphatic rings. The van der Waals surface area contributed by atoms with Crippen LogP contribution in [0.5, 0.6) is 0 Å². The predicted molar refractivity (Wildman–Crippen MR) is 92.4 cm³/mol. The quantitative estimate of drug-likeness (QED) is 0.282. The van der Waals surface area contributed by atoms with Gasteiger partial charge in [-0.05, 0) is 25.2 Å². The van der Waals surface area contributed by atoms with Crippen molar-refractivity contribution in [2.75, 3.05) is 0 Å². The van der Waals surface area contributed by atoms with Gasteiger partial charge in [-0.3, -0.25) is 24.1 Å². The van der Waals surface area contributed by atoms with E-state index in [1.54, 1.807) is 13.8 Å². The fourth-order valence-electron chi connectivity index (χ4n) is 2.34. The topological polar surface area (TPSA) is 201 Å². The number of aliphatic carboxylic acids is 3. The van der Waals surface area contributed by atoms with Gasteiger partial charge in [0, 0.05) is 12.8 Å². The van der Waals surface area contributed by atoms with Crippen LogP contribution in [0.25, 0.3) is 0 Å². The molecule has 0 unspecified atom stereocenters. The molecule has 0 spiro atoms. The minimum atomic E-state index is -1.54. The van der Waals surface area contributed by atoms with Crippen LogP contribution in [0.3, 0.4) is 0 Å². The van der Waals surface area contributed by atoms with E-state index in [1.807, 2.05) is 0 Å². The van der Waals surface area contributed by atoms with Crippen LogP contribution in [0.15, 0.2) is 0 Å². The second-order valence-corrected chi connectivity index (χ2v) is 6.61. The molecular formula is C16H27N3O8. The fraction of sp³-hybridized carbons (Fsp3) is 0.688. The van der Waals surface area contributed by atoms with E-state index in [9.17, 15) is 29.1 Å². The number of nitrogens with zero attached hydrogens (tertiary/aromatic N) is 1. The number of carboxylic acid groups (broad SMARTS) is 3. The summed E-state index contributed by atoms with van der Waals surface area (Å²) in [5.74, 6) is -6.15. The molecule has 0 heterocycles. The number of hydrogen-bond donors (Lipinski definition) is 5. The lowest BCUT2D eigenvalue weighted by Crippen LogP contribution is -2.58. The highest BCUT2D eigenvalue weighted by molar-refractivity contribution is 6.03. The molecule has 0 bridgehead atoms. The minimum Gasteiger partial charge on any atom is -0.481 e. The summed E-state index contributed by atoms with van der Waals surface area (Å²) in [6.07, 6.45) is -1.54. The summed E-state index contributed by atoms with van der Waals surface area (Å²) in [6.45, 7) is 3.38. The Labute approximate surface area is 156 Å². The maximum atomic E-state index is 12.6. The Kier molecular flexibility index (Phi) is 10.2. The maximum Gasteiger partial charge on any atom is 0.326 e. The maximum absolute atomic E-state index is 12.6. The third-order valence-corrected chi connectivity index (χ3v) is 3.74. The van der Waals surface area contributed by atoms with Crippen molar-refractivity contribution in [2.24, 2.45) is 17.4 Å². The zero-order valence-corrected chi connectivity index (χ0v) is 15.3. The van der Waals surface area contributed by atoms with E-state index in [-0.39, 0.29) is 25.2 Å². The second-order valence-electron chi connectivity index (χ2n) is 6.61. The summed E-state index contributed by atoms with van der Waals surface area (Å²) in [5.41, 5.74) is 11.3. The predicted octanol–water partition coefficient (Wildman–Crippen LogP) is -0.775. The highest BCUT2D eigenvalue weighted by atomic mass is 16.4. The van der Waals surface area contributed by atoms with Crippen molar-refractivity contribution < 1.29 is 39.3 Å². The van der Waals surface area contributed by atoms with Gasteiger partial charge in [0.25, 0.3) is 0 Å². The van der Waals surface area contributed by atoms with Gasteiger partial charge in [0.15, 0.2) is 0 Å². The number of carbonyl (C=O) groups is 5. The van der Waals surface area contributed by atoms with E-state index in [1.165, 1.54) is 0 Å². The molecule has 154 valence electrons. The molecule has 0 rings (SSSR count). The molecule has 0 aromatic heterocycles. The third kappa shape index (κ3) is 8.60. The van der Waals surface area contributed by atoms with Crippen molar-refractivity contribution in [3.05, 3.63) is 0 Å². The average molecular weight is 389 g/mol. The molecule has 7 N–H and O–H groups in total. The summed E-state index contributed by atoms with van der Waals surface area (Å²) in [7, 11) is 0. The van der Waals surface area contributed by atoms with E-state index < -0.39 is 60.7 Å². The molecule has 0 saturated carbocycles. The van der Waals surface area contributed by atoms with Gasteiger partial charge in [-0.1, -0.05) is 13.8 Å². The van der Waals surface area contributed by atoms with E-state index in [0.29, 0.717) is 4.90 Å². The minimum absolute atomic E-state index is 0.0654. The summed E-state index contributed by atoms with van der Waals surface area (Å²) >= 11 is 0. The SMILES string of the molecule is CC(C)C[C@@H](C(=O)O)N(C(=O)[C@@H](N)CCC(=O)O)C(=O)[C@@H](N)CCC(=O)O. The van der Waals surface area contributed by atoms with Gasteiger partial charge in [-0.25, -0.2) is 4.79 Å². The van der Waals surface area contributed by atoms with Gasteiger partial charge in [0.1, 0.15) is 6.04 Å². The van der Waals surface area contributed by atoms with E-state index >= 15 is 0 Å². The first-order valence-electron chi connectivity index (χ1n) is 8.42. The van der Waals surface area contributed by atoms with Crippen molar-refractivity contribution in [2.45, 2.75) is 64.1 Å². The van der Waals surface area contributed by atoms with Crippen molar-refractivity contribution >= 4 is 29.7 Å². The molecular weight excluding hydrogens is 362 g/mol. The molecule has 11 heteroatoms. The van der Waals surface area contributed by atoms with Crippen LogP contribution in [0.4, 0.5) is 0 Å². The van der Waals surface area contributed by atoms with Crippen LogP contribution in [0.1, 0.15) is 46.0 Å². The standard InChI is InChI=1S/C16H27N3O8/c1-8(2)7-11(16(26)27)19(14(24)9(17)3-5-12(20)21)15(25)10(18)4-6-13(22)23/h8-11H,3-7,17-18H2,1-2H3,(H,20,21)(H,22,23)(H,26,27)/t9-,10-,11-/m0/s1. The number of hydrogen-bond acceptors (Lipinski definition) is 7. The van der Waals surface area contributed by atoms with Crippen molar-refractivity contribution in [3.63, 3.8) is 0 Å². The highest BCUT2D eigenvalue weighted by Crippen LogP contribution is 2.17. The zero-order valence-electron chi connectivity index (χ0n) is 15.3. The number of nitrogens with two attached hydrogens (primary N) is 2. The normalized spacial score (nSPS) is 14.3. The van der Waals surface area contributed by atoms with Gasteiger partial charge in [0.05, 0.1) is 12.1 Å². The molecule has 2 amide bonds. The van der Waals surface area contributed by atoms with Gasteiger partial charge < -0.3 is 26.8 Å². The number of amides is 2. The lowest BCUT2D eigenvalue weighted by Gasteiger charge is -2.32. The molecule has 0 saturated heterocycles. The Morgan fingerprint density at radius 3 is 1.44 bits per heavy atom. The smallest absolute Gasteiger partial charge is 0.326 e. The number of rotatable bonds is 12. The summed E-state index contributed by atoms with van der Waals surface area (Å²) < 4.78 is 0. The van der Waals surface area contributed by atoms with Crippen LogP contribution in [-0.2, 0) is 24.0 Å². The first kappa shape index (κ1) is 24.5. The molecule has 0 aliphatic carbocycles. The lowest BCUT2D eigenvalue weighted by atomic mass is 9.99. The second kappa shape index (κ2) is 11.2. The van der Waals surface area contributed by atoms with Crippen molar-refractivity contribution in [3.8, 4) is 0 Å². The highest BCUT2D eigenvalue weighted by Gasteiger charge is 2.39. The van der Waals surface area contributed by atoms with Crippen LogP contribution in [0.2, 0.25) is 0 Å². The third-order valence-electron chi connectivity index (χ3n) is 3.74. The van der Waals surface area contributed by atoms with Crippen LogP contribution < -0.4 is 11.5 Å².